The molecule has 1 rings (SSSR count). The standard InChI is InChI=1S/C12H14FNO/c1-3-4-7-14-9(2)11-8-10(13)5-6-12(11)15/h5-6,8-9,14-15H,7H2,1-2H3. The highest BCUT2D eigenvalue weighted by Crippen LogP contribution is 2.24. The van der Waals surface area contributed by atoms with Crippen LogP contribution in [-0.4, -0.2) is 11.7 Å². The van der Waals surface area contributed by atoms with Crippen LogP contribution in [0.5, 0.6) is 5.75 Å². The Labute approximate surface area is 89.1 Å². The summed E-state index contributed by atoms with van der Waals surface area (Å²) in [5, 5.41) is 12.6. The maximum atomic E-state index is 12.9. The molecule has 0 amide bonds. The molecule has 80 valence electrons. The van der Waals surface area contributed by atoms with Crippen molar-refractivity contribution >= 4 is 0 Å². The summed E-state index contributed by atoms with van der Waals surface area (Å²) in [7, 11) is 0. The van der Waals surface area contributed by atoms with Gasteiger partial charge in [-0.2, -0.15) is 0 Å². The van der Waals surface area contributed by atoms with E-state index in [0.29, 0.717) is 12.1 Å². The number of rotatable bonds is 3. The van der Waals surface area contributed by atoms with Crippen LogP contribution < -0.4 is 5.32 Å². The SMILES string of the molecule is CC#CCNC(C)c1cc(F)ccc1O. The molecule has 0 aliphatic rings. The number of aromatic hydroxyl groups is 1. The minimum absolute atomic E-state index is 0.0980. The quantitative estimate of drug-likeness (QED) is 0.745. The normalized spacial score (nSPS) is 11.7. The van der Waals surface area contributed by atoms with Crippen molar-refractivity contribution in [2.75, 3.05) is 6.54 Å². The Morgan fingerprint density at radius 1 is 1.53 bits per heavy atom. The lowest BCUT2D eigenvalue weighted by Crippen LogP contribution is -2.19. The number of hydrogen-bond acceptors (Lipinski definition) is 2. The van der Waals surface area contributed by atoms with Gasteiger partial charge in [-0.25, -0.2) is 4.39 Å². The second-order valence-corrected chi connectivity index (χ2v) is 3.23. The van der Waals surface area contributed by atoms with E-state index in [-0.39, 0.29) is 17.6 Å². The van der Waals surface area contributed by atoms with E-state index in [0.717, 1.165) is 0 Å². The van der Waals surface area contributed by atoms with E-state index in [1.54, 1.807) is 6.92 Å². The highest BCUT2D eigenvalue weighted by molar-refractivity contribution is 5.34. The van der Waals surface area contributed by atoms with Crippen LogP contribution >= 0.6 is 0 Å². The highest BCUT2D eigenvalue weighted by atomic mass is 19.1. The molecule has 0 aliphatic carbocycles. The lowest BCUT2D eigenvalue weighted by molar-refractivity contribution is 0.453. The molecule has 1 atom stereocenters. The van der Waals surface area contributed by atoms with E-state index in [2.05, 4.69) is 17.2 Å². The molecule has 15 heavy (non-hydrogen) atoms. The van der Waals surface area contributed by atoms with E-state index in [1.807, 2.05) is 6.92 Å². The molecule has 0 saturated carbocycles. The van der Waals surface area contributed by atoms with E-state index in [4.69, 9.17) is 0 Å². The first-order chi connectivity index (χ1) is 7.15. The third-order valence-corrected chi connectivity index (χ3v) is 2.13. The minimum Gasteiger partial charge on any atom is -0.508 e. The number of phenols is 1. The van der Waals surface area contributed by atoms with Crippen LogP contribution in [0.25, 0.3) is 0 Å². The summed E-state index contributed by atoms with van der Waals surface area (Å²) in [5.74, 6) is 5.35. The second kappa shape index (κ2) is 5.38. The van der Waals surface area contributed by atoms with Crippen molar-refractivity contribution in [1.29, 1.82) is 0 Å². The zero-order valence-electron chi connectivity index (χ0n) is 8.84. The summed E-state index contributed by atoms with van der Waals surface area (Å²) in [6.45, 7) is 4.13. The van der Waals surface area contributed by atoms with Gasteiger partial charge < -0.3 is 5.11 Å². The molecular formula is C12H14FNO. The van der Waals surface area contributed by atoms with Crippen LogP contribution in [-0.2, 0) is 0 Å². The first kappa shape index (κ1) is 11.5. The molecule has 1 aromatic carbocycles. The lowest BCUT2D eigenvalue weighted by atomic mass is 10.1. The zero-order chi connectivity index (χ0) is 11.3. The van der Waals surface area contributed by atoms with Gasteiger partial charge in [0.25, 0.3) is 0 Å². The fourth-order valence-electron chi connectivity index (χ4n) is 1.27. The molecule has 2 nitrogen and oxygen atoms in total. The minimum atomic E-state index is -0.349. The summed E-state index contributed by atoms with van der Waals surface area (Å²) in [5.41, 5.74) is 0.549. The molecule has 0 aromatic heterocycles. The van der Waals surface area contributed by atoms with Crippen molar-refractivity contribution in [2.45, 2.75) is 19.9 Å². The van der Waals surface area contributed by atoms with E-state index in [9.17, 15) is 9.50 Å². The van der Waals surface area contributed by atoms with Gasteiger partial charge in [-0.15, -0.1) is 5.92 Å². The third kappa shape index (κ3) is 3.26. The molecular weight excluding hydrogens is 193 g/mol. The Balaban J connectivity index is 2.74. The number of halogens is 1. The Kier molecular flexibility index (Phi) is 4.14. The zero-order valence-corrected chi connectivity index (χ0v) is 8.84. The van der Waals surface area contributed by atoms with Crippen molar-refractivity contribution in [1.82, 2.24) is 5.32 Å². The summed E-state index contributed by atoms with van der Waals surface area (Å²) in [6.07, 6.45) is 0. The van der Waals surface area contributed by atoms with E-state index >= 15 is 0 Å². The largest absolute Gasteiger partial charge is 0.508 e. The first-order valence-electron chi connectivity index (χ1n) is 4.76. The molecule has 1 unspecified atom stereocenters. The van der Waals surface area contributed by atoms with Gasteiger partial charge in [0, 0.05) is 11.6 Å². The number of nitrogens with one attached hydrogen (secondary N) is 1. The fourth-order valence-corrected chi connectivity index (χ4v) is 1.27. The van der Waals surface area contributed by atoms with E-state index < -0.39 is 0 Å². The number of phenolic OH excluding ortho intramolecular Hbond substituents is 1. The van der Waals surface area contributed by atoms with Crippen LogP contribution in [0.4, 0.5) is 4.39 Å². The number of hydrogen-bond donors (Lipinski definition) is 2. The molecule has 2 N–H and O–H groups in total. The smallest absolute Gasteiger partial charge is 0.123 e. The summed E-state index contributed by atoms with van der Waals surface area (Å²) in [6, 6.07) is 3.79. The predicted molar refractivity (Wildman–Crippen MR) is 57.9 cm³/mol. The molecule has 0 saturated heterocycles. The monoisotopic (exact) mass is 207 g/mol. The average Bonchev–Trinajstić information content (AvgIpc) is 2.22. The van der Waals surface area contributed by atoms with Crippen molar-refractivity contribution < 1.29 is 9.50 Å². The van der Waals surface area contributed by atoms with Gasteiger partial charge >= 0.3 is 0 Å². The first-order valence-corrected chi connectivity index (χ1v) is 4.76. The van der Waals surface area contributed by atoms with Crippen LogP contribution in [0, 0.1) is 17.7 Å². The highest BCUT2D eigenvalue weighted by Gasteiger charge is 2.09. The van der Waals surface area contributed by atoms with E-state index in [1.165, 1.54) is 18.2 Å². The number of benzene rings is 1. The van der Waals surface area contributed by atoms with Gasteiger partial charge in [0.1, 0.15) is 11.6 Å². The van der Waals surface area contributed by atoms with Crippen LogP contribution in [0.3, 0.4) is 0 Å². The van der Waals surface area contributed by atoms with Gasteiger partial charge in [-0.05, 0) is 32.0 Å². The molecule has 0 fully saturated rings. The molecule has 0 aliphatic heterocycles. The van der Waals surface area contributed by atoms with Crippen molar-refractivity contribution in [3.05, 3.63) is 29.6 Å². The topological polar surface area (TPSA) is 32.3 Å². The maximum Gasteiger partial charge on any atom is 0.123 e. The van der Waals surface area contributed by atoms with Gasteiger partial charge in [-0.1, -0.05) is 5.92 Å². The fraction of sp³-hybridized carbons (Fsp3) is 0.333. The summed E-state index contributed by atoms with van der Waals surface area (Å²) >= 11 is 0. The second-order valence-electron chi connectivity index (χ2n) is 3.23. The molecule has 1 aromatic rings. The third-order valence-electron chi connectivity index (χ3n) is 2.13. The lowest BCUT2D eigenvalue weighted by Gasteiger charge is -2.13. The molecule has 0 bridgehead atoms. The van der Waals surface area contributed by atoms with Crippen molar-refractivity contribution in [3.63, 3.8) is 0 Å². The van der Waals surface area contributed by atoms with Gasteiger partial charge in [0.05, 0.1) is 6.54 Å². The van der Waals surface area contributed by atoms with Crippen molar-refractivity contribution in [2.24, 2.45) is 0 Å². The summed E-state index contributed by atoms with van der Waals surface area (Å²) < 4.78 is 12.9. The average molecular weight is 207 g/mol. The Morgan fingerprint density at radius 2 is 2.27 bits per heavy atom. The van der Waals surface area contributed by atoms with Gasteiger partial charge in [0.2, 0.25) is 0 Å². The Hall–Kier alpha value is -1.53. The van der Waals surface area contributed by atoms with Crippen molar-refractivity contribution in [3.8, 4) is 17.6 Å². The molecule has 0 radical (unpaired) electrons. The molecule has 0 heterocycles. The van der Waals surface area contributed by atoms with Gasteiger partial charge in [-0.3, -0.25) is 5.32 Å². The predicted octanol–water partition coefficient (Wildman–Crippen LogP) is 2.21. The van der Waals surface area contributed by atoms with Crippen LogP contribution in [0.15, 0.2) is 18.2 Å². The Morgan fingerprint density at radius 3 is 2.93 bits per heavy atom. The van der Waals surface area contributed by atoms with Crippen LogP contribution in [0.2, 0.25) is 0 Å². The maximum absolute atomic E-state index is 12.9. The molecule has 0 spiro atoms. The summed E-state index contributed by atoms with van der Waals surface area (Å²) in [4.78, 5) is 0. The Bertz CT molecular complexity index is 392. The molecule has 3 heteroatoms. The van der Waals surface area contributed by atoms with Crippen LogP contribution in [0.1, 0.15) is 25.5 Å². The van der Waals surface area contributed by atoms with Gasteiger partial charge in [0.15, 0.2) is 0 Å².